The Morgan fingerprint density at radius 2 is 1.92 bits per heavy atom. The van der Waals surface area contributed by atoms with E-state index in [0.29, 0.717) is 22.7 Å². The molecule has 0 aliphatic carbocycles. The average molecular weight is 334 g/mol. The lowest BCUT2D eigenvalue weighted by molar-refractivity contribution is 0.589. The van der Waals surface area contributed by atoms with Gasteiger partial charge in [-0.3, -0.25) is 0 Å². The number of halogens is 1. The lowest BCUT2D eigenvalue weighted by Gasteiger charge is -2.04. The van der Waals surface area contributed by atoms with E-state index in [1.54, 1.807) is 35.3 Å². The van der Waals surface area contributed by atoms with Crippen LogP contribution in [0.3, 0.4) is 0 Å². The summed E-state index contributed by atoms with van der Waals surface area (Å²) in [6.07, 6.45) is 4.15. The molecule has 0 N–H and O–H groups in total. The Bertz CT molecular complexity index is 1030. The number of nitrogens with zero attached hydrogens (tertiary/aromatic N) is 6. The molecule has 7 heteroatoms. The van der Waals surface area contributed by atoms with Crippen molar-refractivity contribution in [3.8, 4) is 11.5 Å². The van der Waals surface area contributed by atoms with Gasteiger partial charge in [-0.05, 0) is 24.6 Å². The maximum absolute atomic E-state index is 14.0. The van der Waals surface area contributed by atoms with Crippen molar-refractivity contribution in [2.24, 2.45) is 0 Å². The van der Waals surface area contributed by atoms with Gasteiger partial charge in [-0.1, -0.05) is 25.1 Å². The molecule has 0 aliphatic heterocycles. The largest absolute Gasteiger partial charge is 0.242 e. The smallest absolute Gasteiger partial charge is 0.202 e. The number of aromatic nitrogens is 6. The van der Waals surface area contributed by atoms with Gasteiger partial charge in [0.15, 0.2) is 5.65 Å². The van der Waals surface area contributed by atoms with Crippen LogP contribution in [0.4, 0.5) is 4.39 Å². The second-order valence-electron chi connectivity index (χ2n) is 5.60. The van der Waals surface area contributed by atoms with Gasteiger partial charge in [-0.25, -0.2) is 19.0 Å². The van der Waals surface area contributed by atoms with Crippen LogP contribution in [0.2, 0.25) is 0 Å². The number of fused-ring (bicyclic) bond motifs is 1. The van der Waals surface area contributed by atoms with E-state index in [-0.39, 0.29) is 12.4 Å². The van der Waals surface area contributed by atoms with Gasteiger partial charge < -0.3 is 0 Å². The summed E-state index contributed by atoms with van der Waals surface area (Å²) in [5.41, 5.74) is 2.61. The predicted molar refractivity (Wildman–Crippen MR) is 91.2 cm³/mol. The highest BCUT2D eigenvalue weighted by Gasteiger charge is 2.16. The predicted octanol–water partition coefficient (Wildman–Crippen LogP) is 3.03. The quantitative estimate of drug-likeness (QED) is 0.574. The Morgan fingerprint density at radius 3 is 2.68 bits per heavy atom. The van der Waals surface area contributed by atoms with Crippen LogP contribution in [-0.2, 0) is 13.0 Å². The maximum Gasteiger partial charge on any atom is 0.202 e. The summed E-state index contributed by atoms with van der Waals surface area (Å²) in [6.45, 7) is 2.27. The third-order valence-corrected chi connectivity index (χ3v) is 3.97. The van der Waals surface area contributed by atoms with Crippen LogP contribution >= 0.6 is 0 Å². The summed E-state index contributed by atoms with van der Waals surface area (Å²) in [6, 6.07) is 10.4. The van der Waals surface area contributed by atoms with Gasteiger partial charge in [-0.15, -0.1) is 5.10 Å². The molecule has 4 aromatic rings. The van der Waals surface area contributed by atoms with Gasteiger partial charge in [0.25, 0.3) is 0 Å². The summed E-state index contributed by atoms with van der Waals surface area (Å²) in [7, 11) is 0. The molecule has 124 valence electrons. The zero-order chi connectivity index (χ0) is 17.2. The Hall–Kier alpha value is -3.22. The van der Waals surface area contributed by atoms with Crippen molar-refractivity contribution in [3.63, 3.8) is 0 Å². The number of rotatable bonds is 4. The standard InChI is InChI=1S/C18H15FN6/c1-2-13-10-21-17(23-22-13)16-14-7-5-9-20-18(14)25(24-16)11-12-6-3-4-8-15(12)19/h3-10H,2,11H2,1H3. The molecule has 0 spiro atoms. The van der Waals surface area contributed by atoms with Crippen molar-refractivity contribution in [3.05, 3.63) is 65.9 Å². The molecular weight excluding hydrogens is 319 g/mol. The fourth-order valence-corrected chi connectivity index (χ4v) is 2.64. The van der Waals surface area contributed by atoms with Crippen LogP contribution in [0.15, 0.2) is 48.8 Å². The van der Waals surface area contributed by atoms with Crippen molar-refractivity contribution in [2.45, 2.75) is 19.9 Å². The minimum atomic E-state index is -0.270. The molecule has 3 heterocycles. The Kier molecular flexibility index (Phi) is 3.89. The van der Waals surface area contributed by atoms with Crippen LogP contribution in [0.25, 0.3) is 22.6 Å². The summed E-state index contributed by atoms with van der Waals surface area (Å²) in [4.78, 5) is 8.75. The van der Waals surface area contributed by atoms with Crippen LogP contribution in [0.1, 0.15) is 18.2 Å². The van der Waals surface area contributed by atoms with Crippen LogP contribution in [-0.4, -0.2) is 29.9 Å². The molecule has 4 rings (SSSR count). The highest BCUT2D eigenvalue weighted by molar-refractivity contribution is 5.89. The molecule has 0 aliphatic rings. The Morgan fingerprint density at radius 1 is 1.04 bits per heavy atom. The van der Waals surface area contributed by atoms with E-state index in [9.17, 15) is 4.39 Å². The molecule has 0 fully saturated rings. The minimum absolute atomic E-state index is 0.270. The van der Waals surface area contributed by atoms with Gasteiger partial charge in [0, 0.05) is 11.8 Å². The fraction of sp³-hybridized carbons (Fsp3) is 0.167. The van der Waals surface area contributed by atoms with Crippen molar-refractivity contribution >= 4 is 11.0 Å². The molecule has 0 radical (unpaired) electrons. The zero-order valence-corrected chi connectivity index (χ0v) is 13.6. The third-order valence-electron chi connectivity index (χ3n) is 3.97. The lowest BCUT2D eigenvalue weighted by atomic mass is 10.2. The SMILES string of the molecule is CCc1cnc(-c2nn(Cc3ccccc3F)c3ncccc23)nn1. The summed E-state index contributed by atoms with van der Waals surface area (Å²) in [5.74, 6) is 0.163. The Labute approximate surface area is 143 Å². The molecular formula is C18H15FN6. The molecule has 6 nitrogen and oxygen atoms in total. The van der Waals surface area contributed by atoms with Crippen LogP contribution in [0.5, 0.6) is 0 Å². The number of hydrogen-bond acceptors (Lipinski definition) is 5. The fourth-order valence-electron chi connectivity index (χ4n) is 2.64. The van der Waals surface area contributed by atoms with Crippen LogP contribution in [0, 0.1) is 5.82 Å². The number of pyridine rings is 1. The van der Waals surface area contributed by atoms with Crippen LogP contribution < -0.4 is 0 Å². The molecule has 1 aromatic carbocycles. The molecule has 0 bridgehead atoms. The molecule has 0 saturated heterocycles. The van der Waals surface area contributed by atoms with Crippen molar-refractivity contribution in [1.82, 2.24) is 29.9 Å². The second-order valence-corrected chi connectivity index (χ2v) is 5.60. The van der Waals surface area contributed by atoms with E-state index in [4.69, 9.17) is 0 Å². The second kappa shape index (κ2) is 6.35. The van der Waals surface area contributed by atoms with Gasteiger partial charge in [0.2, 0.25) is 5.82 Å². The minimum Gasteiger partial charge on any atom is -0.242 e. The number of benzene rings is 1. The van der Waals surface area contributed by atoms with E-state index in [1.807, 2.05) is 19.1 Å². The summed E-state index contributed by atoms with van der Waals surface area (Å²) in [5, 5.41) is 13.7. The van der Waals surface area contributed by atoms with Gasteiger partial charge in [-0.2, -0.15) is 10.2 Å². The first-order valence-corrected chi connectivity index (χ1v) is 8.00. The molecule has 0 amide bonds. The zero-order valence-electron chi connectivity index (χ0n) is 13.6. The molecule has 0 saturated carbocycles. The lowest BCUT2D eigenvalue weighted by Crippen LogP contribution is -2.05. The van der Waals surface area contributed by atoms with Gasteiger partial charge >= 0.3 is 0 Å². The highest BCUT2D eigenvalue weighted by atomic mass is 19.1. The first kappa shape index (κ1) is 15.3. The van der Waals surface area contributed by atoms with Crippen molar-refractivity contribution in [1.29, 1.82) is 0 Å². The molecule has 25 heavy (non-hydrogen) atoms. The van der Waals surface area contributed by atoms with E-state index >= 15 is 0 Å². The topological polar surface area (TPSA) is 69.4 Å². The van der Waals surface area contributed by atoms with Crippen molar-refractivity contribution < 1.29 is 4.39 Å². The van der Waals surface area contributed by atoms with E-state index in [2.05, 4.69) is 25.3 Å². The summed E-state index contributed by atoms with van der Waals surface area (Å²) < 4.78 is 15.7. The number of aryl methyl sites for hydroxylation is 1. The van der Waals surface area contributed by atoms with Gasteiger partial charge in [0.05, 0.1) is 23.8 Å². The molecule has 3 aromatic heterocycles. The monoisotopic (exact) mass is 334 g/mol. The first-order chi connectivity index (χ1) is 12.3. The first-order valence-electron chi connectivity index (χ1n) is 8.00. The average Bonchev–Trinajstić information content (AvgIpc) is 3.02. The Balaban J connectivity index is 1.82. The highest BCUT2D eigenvalue weighted by Crippen LogP contribution is 2.24. The third kappa shape index (κ3) is 2.84. The maximum atomic E-state index is 14.0. The normalized spacial score (nSPS) is 11.1. The van der Waals surface area contributed by atoms with E-state index < -0.39 is 0 Å². The number of hydrogen-bond donors (Lipinski definition) is 0. The molecule has 0 unspecified atom stereocenters. The van der Waals surface area contributed by atoms with Crippen molar-refractivity contribution in [2.75, 3.05) is 0 Å². The summed E-state index contributed by atoms with van der Waals surface area (Å²) >= 11 is 0. The van der Waals surface area contributed by atoms with E-state index in [0.717, 1.165) is 17.5 Å². The van der Waals surface area contributed by atoms with Gasteiger partial charge in [0.1, 0.15) is 11.5 Å². The van der Waals surface area contributed by atoms with E-state index in [1.165, 1.54) is 6.07 Å². The molecule has 0 atom stereocenters.